The van der Waals surface area contributed by atoms with Crippen molar-refractivity contribution in [3.8, 4) is 22.9 Å². The van der Waals surface area contributed by atoms with Gasteiger partial charge in [0, 0.05) is 30.0 Å². The molecule has 2 aromatic carbocycles. The third kappa shape index (κ3) is 3.51. The van der Waals surface area contributed by atoms with Gasteiger partial charge in [-0.1, -0.05) is 62.4 Å². The van der Waals surface area contributed by atoms with Crippen LogP contribution in [0.1, 0.15) is 50.8 Å². The van der Waals surface area contributed by atoms with Crippen LogP contribution < -0.4 is 4.90 Å². The Bertz CT molecular complexity index is 1370. The van der Waals surface area contributed by atoms with Crippen molar-refractivity contribution in [3.05, 3.63) is 77.5 Å². The second-order valence-corrected chi connectivity index (χ2v) is 10.8. The van der Waals surface area contributed by atoms with E-state index in [9.17, 15) is 10.1 Å². The number of anilines is 1. The van der Waals surface area contributed by atoms with Gasteiger partial charge in [0.25, 0.3) is 0 Å². The van der Waals surface area contributed by atoms with E-state index in [2.05, 4.69) is 71.1 Å². The number of fused-ring (bicyclic) bond motifs is 3. The third-order valence-corrected chi connectivity index (χ3v) is 8.67. The van der Waals surface area contributed by atoms with Gasteiger partial charge in [-0.25, -0.2) is 4.68 Å². The topological polar surface area (TPSA) is 61.9 Å². The molecule has 1 aromatic heterocycles. The smallest absolute Gasteiger partial charge is 0.176 e. The number of ketones is 1. The number of allylic oxidation sites excluding steroid dienone is 2. The SMILES string of the molecule is C[C@H]1C(=O)C(C#N)=C[C@@]2(C)c3c(c(N4CCCCC4)nn3-c3ccc(-c4ccccc4)cc3)CC[C@H]12. The molecule has 0 N–H and O–H groups in total. The largest absolute Gasteiger partial charge is 0.355 e. The predicted octanol–water partition coefficient (Wildman–Crippen LogP) is 6.02. The molecular formula is C31H32N4O. The number of hydrogen-bond donors (Lipinski definition) is 0. The van der Waals surface area contributed by atoms with E-state index in [1.165, 1.54) is 36.0 Å². The molecule has 2 aliphatic carbocycles. The number of carbonyl (C=O) groups is 1. The van der Waals surface area contributed by atoms with Gasteiger partial charge in [-0.3, -0.25) is 4.79 Å². The lowest BCUT2D eigenvalue weighted by Crippen LogP contribution is -2.46. The van der Waals surface area contributed by atoms with Crippen molar-refractivity contribution in [2.45, 2.75) is 51.4 Å². The van der Waals surface area contributed by atoms with E-state index in [1.54, 1.807) is 0 Å². The minimum absolute atomic E-state index is 0.0158. The quantitative estimate of drug-likeness (QED) is 0.464. The lowest BCUT2D eigenvalue weighted by molar-refractivity contribution is -0.121. The Morgan fingerprint density at radius 3 is 2.39 bits per heavy atom. The lowest BCUT2D eigenvalue weighted by atomic mass is 9.58. The van der Waals surface area contributed by atoms with Gasteiger partial charge in [0.15, 0.2) is 11.6 Å². The van der Waals surface area contributed by atoms with Gasteiger partial charge in [-0.2, -0.15) is 5.26 Å². The molecule has 0 radical (unpaired) electrons. The Labute approximate surface area is 213 Å². The van der Waals surface area contributed by atoms with Crippen molar-refractivity contribution in [1.29, 1.82) is 5.26 Å². The highest BCUT2D eigenvalue weighted by molar-refractivity contribution is 6.02. The Morgan fingerprint density at radius 2 is 1.69 bits per heavy atom. The number of carbonyl (C=O) groups excluding carboxylic acids is 1. The molecule has 3 aliphatic rings. The number of benzene rings is 2. The van der Waals surface area contributed by atoms with Gasteiger partial charge in [0.05, 0.1) is 17.0 Å². The van der Waals surface area contributed by atoms with Crippen LogP contribution in [0.15, 0.2) is 66.2 Å². The van der Waals surface area contributed by atoms with Gasteiger partial charge in [0.2, 0.25) is 0 Å². The van der Waals surface area contributed by atoms with Crippen LogP contribution in [0.3, 0.4) is 0 Å². The first-order valence-electron chi connectivity index (χ1n) is 13.2. The van der Waals surface area contributed by atoms with Crippen molar-refractivity contribution < 1.29 is 4.79 Å². The maximum atomic E-state index is 12.9. The highest BCUT2D eigenvalue weighted by Crippen LogP contribution is 2.52. The molecule has 1 aliphatic heterocycles. The van der Waals surface area contributed by atoms with Gasteiger partial charge in [-0.15, -0.1) is 5.10 Å². The molecule has 1 fully saturated rings. The zero-order valence-electron chi connectivity index (χ0n) is 21.1. The van der Waals surface area contributed by atoms with E-state index in [1.807, 2.05) is 19.1 Å². The second kappa shape index (κ2) is 8.78. The molecule has 2 heterocycles. The number of hydrogen-bond acceptors (Lipinski definition) is 4. The predicted molar refractivity (Wildman–Crippen MR) is 142 cm³/mol. The van der Waals surface area contributed by atoms with E-state index < -0.39 is 5.41 Å². The maximum absolute atomic E-state index is 12.9. The van der Waals surface area contributed by atoms with Crippen molar-refractivity contribution in [2.75, 3.05) is 18.0 Å². The molecule has 3 aromatic rings. The van der Waals surface area contributed by atoms with Crippen LogP contribution >= 0.6 is 0 Å². The molecule has 5 heteroatoms. The highest BCUT2D eigenvalue weighted by atomic mass is 16.1. The fraction of sp³-hybridized carbons (Fsp3) is 0.387. The fourth-order valence-corrected chi connectivity index (χ4v) is 6.80. The van der Waals surface area contributed by atoms with Crippen LogP contribution in [0, 0.1) is 23.2 Å². The average molecular weight is 477 g/mol. The summed E-state index contributed by atoms with van der Waals surface area (Å²) in [6.45, 7) is 6.28. The number of Topliss-reactive ketones (excluding diaryl/α,β-unsaturated/α-hetero) is 1. The first-order chi connectivity index (χ1) is 17.5. The first kappa shape index (κ1) is 22.8. The van der Waals surface area contributed by atoms with Crippen LogP contribution in [-0.2, 0) is 16.6 Å². The summed E-state index contributed by atoms with van der Waals surface area (Å²) in [4.78, 5) is 15.4. The summed E-state index contributed by atoms with van der Waals surface area (Å²) in [6, 6.07) is 21.2. The van der Waals surface area contributed by atoms with Crippen molar-refractivity contribution in [2.24, 2.45) is 11.8 Å². The van der Waals surface area contributed by atoms with Gasteiger partial charge >= 0.3 is 0 Å². The molecule has 6 rings (SSSR count). The number of rotatable bonds is 3. The van der Waals surface area contributed by atoms with Crippen molar-refractivity contribution >= 4 is 11.6 Å². The number of piperidine rings is 1. The van der Waals surface area contributed by atoms with E-state index >= 15 is 0 Å². The maximum Gasteiger partial charge on any atom is 0.176 e. The molecule has 0 unspecified atom stereocenters. The minimum Gasteiger partial charge on any atom is -0.355 e. The van der Waals surface area contributed by atoms with Crippen LogP contribution in [0.4, 0.5) is 5.82 Å². The van der Waals surface area contributed by atoms with Gasteiger partial charge in [0.1, 0.15) is 6.07 Å². The van der Waals surface area contributed by atoms with E-state index in [-0.39, 0.29) is 17.6 Å². The van der Waals surface area contributed by atoms with E-state index in [0.29, 0.717) is 5.57 Å². The molecule has 0 saturated carbocycles. The van der Waals surface area contributed by atoms with Gasteiger partial charge < -0.3 is 4.90 Å². The first-order valence-corrected chi connectivity index (χ1v) is 13.2. The lowest BCUT2D eigenvalue weighted by Gasteiger charge is -2.45. The molecule has 3 atom stereocenters. The summed E-state index contributed by atoms with van der Waals surface area (Å²) in [5.41, 5.74) is 5.69. The number of nitrogens with zero attached hydrogens (tertiary/aromatic N) is 4. The van der Waals surface area contributed by atoms with Crippen molar-refractivity contribution in [3.63, 3.8) is 0 Å². The van der Waals surface area contributed by atoms with Crippen molar-refractivity contribution in [1.82, 2.24) is 9.78 Å². The zero-order chi connectivity index (χ0) is 24.9. The molecular weight excluding hydrogens is 444 g/mol. The normalized spacial score (nSPS) is 25.5. The third-order valence-electron chi connectivity index (χ3n) is 8.67. The molecule has 0 spiro atoms. The Balaban J connectivity index is 1.53. The molecule has 0 amide bonds. The summed E-state index contributed by atoms with van der Waals surface area (Å²) in [5, 5.41) is 15.1. The average Bonchev–Trinajstić information content (AvgIpc) is 3.33. The summed E-state index contributed by atoms with van der Waals surface area (Å²) < 4.78 is 2.12. The number of nitriles is 1. The summed E-state index contributed by atoms with van der Waals surface area (Å²) in [6.07, 6.45) is 7.46. The molecule has 182 valence electrons. The van der Waals surface area contributed by atoms with E-state index in [4.69, 9.17) is 5.10 Å². The minimum atomic E-state index is -0.425. The Kier molecular flexibility index (Phi) is 5.56. The van der Waals surface area contributed by atoms with Crippen LogP contribution in [0.5, 0.6) is 0 Å². The highest BCUT2D eigenvalue weighted by Gasteiger charge is 2.51. The van der Waals surface area contributed by atoms with Crippen LogP contribution in [0.2, 0.25) is 0 Å². The number of aromatic nitrogens is 2. The fourth-order valence-electron chi connectivity index (χ4n) is 6.80. The van der Waals surface area contributed by atoms with E-state index in [0.717, 1.165) is 43.1 Å². The van der Waals surface area contributed by atoms with Gasteiger partial charge in [-0.05, 0) is 61.3 Å². The summed E-state index contributed by atoms with van der Waals surface area (Å²) >= 11 is 0. The standard InChI is InChI=1S/C31H32N4O/c1-21-27-16-15-26-29(31(27,2)19-24(20-32)28(21)36)35(33-30(26)34-17-7-4-8-18-34)25-13-11-23(12-14-25)22-9-5-3-6-10-22/h3,5-6,9-14,19,21,27H,4,7-8,15-18H2,1-2H3/t21-,27-,31-/m1/s1. The van der Waals surface area contributed by atoms with Crippen LogP contribution in [-0.4, -0.2) is 28.7 Å². The summed E-state index contributed by atoms with van der Waals surface area (Å²) in [5.74, 6) is 1.05. The second-order valence-electron chi connectivity index (χ2n) is 10.8. The molecule has 0 bridgehead atoms. The molecule has 5 nitrogen and oxygen atoms in total. The molecule has 1 saturated heterocycles. The Morgan fingerprint density at radius 1 is 1.00 bits per heavy atom. The Hall–Kier alpha value is -3.65. The monoisotopic (exact) mass is 476 g/mol. The zero-order valence-corrected chi connectivity index (χ0v) is 21.1. The van der Waals surface area contributed by atoms with Crippen LogP contribution in [0.25, 0.3) is 16.8 Å². The molecule has 36 heavy (non-hydrogen) atoms. The summed E-state index contributed by atoms with van der Waals surface area (Å²) in [7, 11) is 0.